The predicted molar refractivity (Wildman–Crippen MR) is 63.2 cm³/mol. The normalized spacial score (nSPS) is 11.6. The molecular weight excluding hydrogens is 251 g/mol. The highest BCUT2D eigenvalue weighted by atomic mass is 32.2. The molecule has 0 aromatic heterocycles. The number of halogens is 3. The maximum Gasteiger partial charge on any atom is 0.416 e. The van der Waals surface area contributed by atoms with Crippen LogP contribution < -0.4 is 5.32 Å². The molecule has 0 fully saturated rings. The average molecular weight is 263 g/mol. The first-order valence-electron chi connectivity index (χ1n) is 4.94. The number of alkyl halides is 3. The van der Waals surface area contributed by atoms with E-state index in [0.29, 0.717) is 0 Å². The quantitative estimate of drug-likeness (QED) is 0.858. The number of nitrogens with one attached hydrogen (secondary N) is 1. The molecule has 1 aromatic rings. The molecule has 0 spiro atoms. The van der Waals surface area contributed by atoms with Gasteiger partial charge in [-0.15, -0.1) is 0 Å². The maximum atomic E-state index is 12.4. The number of carbonyl (C=O) groups excluding carboxylic acids is 1. The first-order valence-corrected chi connectivity index (χ1v) is 5.82. The molecule has 0 unspecified atom stereocenters. The van der Waals surface area contributed by atoms with Gasteiger partial charge in [0.1, 0.15) is 0 Å². The summed E-state index contributed by atoms with van der Waals surface area (Å²) in [5, 5.41) is 2.13. The van der Waals surface area contributed by atoms with Gasteiger partial charge in [0.05, 0.1) is 5.56 Å². The van der Waals surface area contributed by atoms with Gasteiger partial charge in [-0.2, -0.15) is 13.2 Å². The van der Waals surface area contributed by atoms with Crippen LogP contribution >= 0.6 is 11.8 Å². The Hall–Kier alpha value is -1.17. The van der Waals surface area contributed by atoms with Gasteiger partial charge in [-0.05, 0) is 18.2 Å². The van der Waals surface area contributed by atoms with Crippen LogP contribution in [0.5, 0.6) is 0 Å². The van der Waals surface area contributed by atoms with Crippen molar-refractivity contribution in [1.29, 1.82) is 0 Å². The second-order valence-corrected chi connectivity index (χ2v) is 5.21. The van der Waals surface area contributed by atoms with Gasteiger partial charge in [-0.1, -0.05) is 31.7 Å². The molecule has 1 amide bonds. The van der Waals surface area contributed by atoms with E-state index in [4.69, 9.17) is 0 Å². The van der Waals surface area contributed by atoms with Crippen molar-refractivity contribution >= 4 is 22.7 Å². The molecule has 0 aliphatic heterocycles. The third-order valence-electron chi connectivity index (χ3n) is 1.78. The zero-order valence-electron chi connectivity index (χ0n) is 9.34. The van der Waals surface area contributed by atoms with E-state index in [9.17, 15) is 18.0 Å². The second-order valence-electron chi connectivity index (χ2n) is 3.66. The van der Waals surface area contributed by atoms with Crippen LogP contribution in [0.1, 0.15) is 19.4 Å². The lowest BCUT2D eigenvalue weighted by Crippen LogP contribution is -2.10. The van der Waals surface area contributed by atoms with E-state index in [1.165, 1.54) is 12.1 Å². The lowest BCUT2D eigenvalue weighted by Gasteiger charge is -2.10. The number of thioether (sulfide) groups is 1. The fourth-order valence-electron chi connectivity index (χ4n) is 1.13. The number of hydrogen-bond donors (Lipinski definition) is 1. The smallest absolute Gasteiger partial charge is 0.317 e. The summed E-state index contributed by atoms with van der Waals surface area (Å²) in [7, 11) is 0. The summed E-state index contributed by atoms with van der Waals surface area (Å²) in [6, 6.07) is 4.57. The van der Waals surface area contributed by atoms with Crippen molar-refractivity contribution in [1.82, 2.24) is 0 Å². The fourth-order valence-corrected chi connectivity index (χ4v) is 1.74. The van der Waals surface area contributed by atoms with Gasteiger partial charge in [0.25, 0.3) is 5.24 Å². The van der Waals surface area contributed by atoms with Crippen LogP contribution in [0.15, 0.2) is 24.3 Å². The largest absolute Gasteiger partial charge is 0.416 e. The maximum absolute atomic E-state index is 12.4. The van der Waals surface area contributed by atoms with Gasteiger partial charge >= 0.3 is 6.18 Å². The molecule has 0 saturated heterocycles. The Morgan fingerprint density at radius 2 is 2.00 bits per heavy atom. The van der Waals surface area contributed by atoms with E-state index in [1.807, 2.05) is 13.8 Å². The van der Waals surface area contributed by atoms with Crippen molar-refractivity contribution < 1.29 is 18.0 Å². The molecule has 17 heavy (non-hydrogen) atoms. The standard InChI is InChI=1S/C11H12F3NOS/c1-7(2)17-10(16)15-9-5-3-4-8(6-9)11(12,13)14/h3-7H,1-2H3,(H,15,16). The Morgan fingerprint density at radius 3 is 2.53 bits per heavy atom. The molecule has 0 saturated carbocycles. The first kappa shape index (κ1) is 13.9. The summed E-state index contributed by atoms with van der Waals surface area (Å²) >= 11 is 1.03. The SMILES string of the molecule is CC(C)SC(=O)Nc1cccc(C(F)(F)F)c1. The van der Waals surface area contributed by atoms with E-state index in [0.717, 1.165) is 23.9 Å². The van der Waals surface area contributed by atoms with Gasteiger partial charge in [0, 0.05) is 10.9 Å². The van der Waals surface area contributed by atoms with Crippen LogP contribution in [0.2, 0.25) is 0 Å². The average Bonchev–Trinajstić information content (AvgIpc) is 2.15. The molecule has 1 rings (SSSR count). The van der Waals surface area contributed by atoms with Gasteiger partial charge in [0.2, 0.25) is 0 Å². The molecule has 0 aliphatic rings. The highest BCUT2D eigenvalue weighted by Gasteiger charge is 2.30. The molecular formula is C11H12F3NOS. The highest BCUT2D eigenvalue weighted by molar-refractivity contribution is 8.14. The minimum Gasteiger partial charge on any atom is -0.317 e. The van der Waals surface area contributed by atoms with E-state index in [-0.39, 0.29) is 16.2 Å². The third-order valence-corrected chi connectivity index (χ3v) is 2.57. The van der Waals surface area contributed by atoms with E-state index < -0.39 is 11.7 Å². The van der Waals surface area contributed by atoms with Crippen molar-refractivity contribution in [3.63, 3.8) is 0 Å². The Bertz CT molecular complexity index is 404. The molecule has 0 bridgehead atoms. The summed E-state index contributed by atoms with van der Waals surface area (Å²) in [6.07, 6.45) is -4.40. The van der Waals surface area contributed by atoms with Crippen LogP contribution in [-0.2, 0) is 6.18 Å². The Morgan fingerprint density at radius 1 is 1.35 bits per heavy atom. The van der Waals surface area contributed by atoms with Crippen molar-refractivity contribution in [3.05, 3.63) is 29.8 Å². The molecule has 94 valence electrons. The third kappa shape index (κ3) is 4.68. The fraction of sp³-hybridized carbons (Fsp3) is 0.364. The minimum absolute atomic E-state index is 0.0841. The van der Waals surface area contributed by atoms with Crippen LogP contribution in [0, 0.1) is 0 Å². The minimum atomic E-state index is -4.40. The van der Waals surface area contributed by atoms with Gasteiger partial charge in [-0.25, -0.2) is 0 Å². The Labute approximate surface area is 102 Å². The number of amides is 1. The number of carbonyl (C=O) groups is 1. The van der Waals surface area contributed by atoms with Crippen molar-refractivity contribution in [2.45, 2.75) is 25.3 Å². The summed E-state index contributed by atoms with van der Waals surface area (Å²) in [5.41, 5.74) is -0.622. The van der Waals surface area contributed by atoms with Crippen LogP contribution in [0.25, 0.3) is 0 Å². The Kier molecular flexibility index (Phi) is 4.45. The number of rotatable bonds is 2. The summed E-state index contributed by atoms with van der Waals surface area (Å²) in [4.78, 5) is 11.4. The molecule has 1 N–H and O–H groups in total. The zero-order chi connectivity index (χ0) is 13.1. The molecule has 2 nitrogen and oxygen atoms in total. The Balaban J connectivity index is 2.76. The van der Waals surface area contributed by atoms with Crippen molar-refractivity contribution in [2.24, 2.45) is 0 Å². The molecule has 1 aromatic carbocycles. The number of hydrogen-bond acceptors (Lipinski definition) is 2. The number of anilines is 1. The summed E-state index contributed by atoms with van der Waals surface area (Å²) < 4.78 is 37.2. The number of benzene rings is 1. The molecule has 0 heterocycles. The van der Waals surface area contributed by atoms with Crippen molar-refractivity contribution in [3.8, 4) is 0 Å². The van der Waals surface area contributed by atoms with Crippen molar-refractivity contribution in [2.75, 3.05) is 5.32 Å². The van der Waals surface area contributed by atoms with Gasteiger partial charge < -0.3 is 5.32 Å². The second kappa shape index (κ2) is 5.44. The van der Waals surface area contributed by atoms with Crippen LogP contribution in [-0.4, -0.2) is 10.5 Å². The monoisotopic (exact) mass is 263 g/mol. The zero-order valence-corrected chi connectivity index (χ0v) is 10.2. The lowest BCUT2D eigenvalue weighted by atomic mass is 10.2. The van der Waals surface area contributed by atoms with E-state index >= 15 is 0 Å². The highest BCUT2D eigenvalue weighted by Crippen LogP contribution is 2.30. The summed E-state index contributed by atoms with van der Waals surface area (Å²) in [6.45, 7) is 3.66. The summed E-state index contributed by atoms with van der Waals surface area (Å²) in [5.74, 6) is 0. The van der Waals surface area contributed by atoms with Crippen LogP contribution in [0.4, 0.5) is 23.7 Å². The first-order chi connectivity index (χ1) is 7.79. The van der Waals surface area contributed by atoms with Gasteiger partial charge in [0.15, 0.2) is 0 Å². The van der Waals surface area contributed by atoms with Crippen LogP contribution in [0.3, 0.4) is 0 Å². The lowest BCUT2D eigenvalue weighted by molar-refractivity contribution is -0.137. The predicted octanol–water partition coefficient (Wildman–Crippen LogP) is 4.38. The van der Waals surface area contributed by atoms with Gasteiger partial charge in [-0.3, -0.25) is 4.79 Å². The molecule has 0 atom stereocenters. The molecule has 0 aliphatic carbocycles. The van der Waals surface area contributed by atoms with E-state index in [2.05, 4.69) is 5.32 Å². The van der Waals surface area contributed by atoms with E-state index in [1.54, 1.807) is 0 Å². The molecule has 0 radical (unpaired) electrons. The molecule has 6 heteroatoms. The topological polar surface area (TPSA) is 29.1 Å².